The molecule has 2 aliphatic rings. The van der Waals surface area contributed by atoms with Crippen LogP contribution in [-0.4, -0.2) is 26.1 Å². The van der Waals surface area contributed by atoms with Crippen LogP contribution in [0.15, 0.2) is 30.4 Å². The number of hydrogen-bond donors (Lipinski definition) is 1. The fourth-order valence-corrected chi connectivity index (χ4v) is 3.52. The molecule has 0 saturated heterocycles. The van der Waals surface area contributed by atoms with Crippen molar-refractivity contribution < 1.29 is 9.18 Å². The zero-order chi connectivity index (χ0) is 16.0. The average molecular weight is 313 g/mol. The van der Waals surface area contributed by atoms with E-state index in [1.807, 2.05) is 0 Å². The minimum atomic E-state index is -0.466. The lowest BCUT2D eigenvalue weighted by Crippen LogP contribution is -2.26. The maximum atomic E-state index is 14.1. The number of nitrogens with one attached hydrogen (secondary N) is 1. The molecule has 23 heavy (non-hydrogen) atoms. The molecule has 4 rings (SSSR count). The van der Waals surface area contributed by atoms with Gasteiger partial charge in [-0.1, -0.05) is 12.2 Å². The molecule has 3 atom stereocenters. The minimum absolute atomic E-state index is 0.0668. The fourth-order valence-electron chi connectivity index (χ4n) is 3.52. The van der Waals surface area contributed by atoms with E-state index in [9.17, 15) is 9.18 Å². The van der Waals surface area contributed by atoms with Gasteiger partial charge in [-0.3, -0.25) is 4.79 Å². The molecule has 118 valence electrons. The average Bonchev–Trinajstić information content (AvgIpc) is 3.26. The van der Waals surface area contributed by atoms with Crippen molar-refractivity contribution in [2.24, 2.45) is 17.8 Å². The first-order valence-electron chi connectivity index (χ1n) is 7.66. The molecule has 0 unspecified atom stereocenters. The maximum Gasteiger partial charge on any atom is 0.228 e. The van der Waals surface area contributed by atoms with Gasteiger partial charge in [0.25, 0.3) is 0 Å². The summed E-state index contributed by atoms with van der Waals surface area (Å²) in [5.41, 5.74) is 0.770. The molecule has 2 aromatic rings. The zero-order valence-corrected chi connectivity index (χ0v) is 12.6. The fraction of sp³-hybridized carbons (Fsp3) is 0.375. The van der Waals surface area contributed by atoms with Crippen molar-refractivity contribution in [2.45, 2.75) is 19.8 Å². The van der Waals surface area contributed by atoms with Gasteiger partial charge in [-0.05, 0) is 60.2 Å². The number of tetrazole rings is 1. The number of anilines is 1. The molecule has 1 N–H and O–H groups in total. The van der Waals surface area contributed by atoms with Crippen molar-refractivity contribution >= 4 is 11.6 Å². The van der Waals surface area contributed by atoms with E-state index in [4.69, 9.17) is 0 Å². The zero-order valence-electron chi connectivity index (χ0n) is 12.6. The Labute approximate surface area is 132 Å². The Balaban J connectivity index is 1.58. The van der Waals surface area contributed by atoms with Crippen molar-refractivity contribution in [2.75, 3.05) is 5.32 Å². The Morgan fingerprint density at radius 2 is 2.22 bits per heavy atom. The first-order chi connectivity index (χ1) is 11.1. The highest BCUT2D eigenvalue weighted by Gasteiger charge is 2.39. The number of hydrogen-bond acceptors (Lipinski definition) is 4. The molecule has 1 heterocycles. The van der Waals surface area contributed by atoms with Crippen molar-refractivity contribution in [3.8, 4) is 5.69 Å². The van der Waals surface area contributed by atoms with Crippen molar-refractivity contribution in [1.82, 2.24) is 20.2 Å². The normalized spacial score (nSPS) is 25.0. The van der Waals surface area contributed by atoms with E-state index < -0.39 is 5.82 Å². The van der Waals surface area contributed by atoms with Crippen molar-refractivity contribution in [1.29, 1.82) is 0 Å². The quantitative estimate of drug-likeness (QED) is 0.882. The molecular formula is C16H16FN5O. The van der Waals surface area contributed by atoms with Gasteiger partial charge in [0.2, 0.25) is 5.91 Å². The Kier molecular flexibility index (Phi) is 3.21. The lowest BCUT2D eigenvalue weighted by Gasteiger charge is -2.18. The van der Waals surface area contributed by atoms with Gasteiger partial charge in [0.05, 0.1) is 11.4 Å². The second-order valence-electron chi connectivity index (χ2n) is 6.18. The van der Waals surface area contributed by atoms with Crippen LogP contribution in [0.2, 0.25) is 0 Å². The monoisotopic (exact) mass is 313 g/mol. The number of carbonyl (C=O) groups excluding carboxylic acids is 1. The highest BCUT2D eigenvalue weighted by atomic mass is 19.1. The lowest BCUT2D eigenvalue weighted by molar-refractivity contribution is -0.120. The molecule has 0 radical (unpaired) electrons. The molecule has 1 saturated carbocycles. The first-order valence-corrected chi connectivity index (χ1v) is 7.66. The van der Waals surface area contributed by atoms with Crippen LogP contribution in [0.4, 0.5) is 10.1 Å². The second kappa shape index (κ2) is 5.26. The predicted octanol–water partition coefficient (Wildman–Crippen LogP) is 2.26. The van der Waals surface area contributed by atoms with Gasteiger partial charge < -0.3 is 5.32 Å². The smallest absolute Gasteiger partial charge is 0.228 e. The van der Waals surface area contributed by atoms with Gasteiger partial charge >= 0.3 is 0 Å². The van der Waals surface area contributed by atoms with Crippen LogP contribution in [0.25, 0.3) is 5.69 Å². The Morgan fingerprint density at radius 3 is 2.87 bits per heavy atom. The van der Waals surface area contributed by atoms with Gasteiger partial charge in [0.15, 0.2) is 5.82 Å². The number of carbonyl (C=O) groups is 1. The number of benzene rings is 1. The van der Waals surface area contributed by atoms with Crippen molar-refractivity contribution in [3.63, 3.8) is 0 Å². The number of amides is 1. The molecule has 6 nitrogen and oxygen atoms in total. The van der Waals surface area contributed by atoms with Gasteiger partial charge in [-0.2, -0.15) is 4.68 Å². The maximum absolute atomic E-state index is 14.1. The van der Waals surface area contributed by atoms with Crippen LogP contribution in [0.3, 0.4) is 0 Å². The van der Waals surface area contributed by atoms with Gasteiger partial charge in [-0.25, -0.2) is 4.39 Å². The van der Waals surface area contributed by atoms with E-state index in [-0.39, 0.29) is 23.4 Å². The SMILES string of the molecule is Cc1nnnn1-c1ccc(F)c(NC(=O)[C@@H]2C[C@H]3C=C[C@H]2C3)c1. The number of halogens is 1. The summed E-state index contributed by atoms with van der Waals surface area (Å²) >= 11 is 0. The van der Waals surface area contributed by atoms with Crippen LogP contribution in [-0.2, 0) is 4.79 Å². The van der Waals surface area contributed by atoms with E-state index >= 15 is 0 Å². The number of aromatic nitrogens is 4. The number of rotatable bonds is 3. The molecule has 1 fully saturated rings. The van der Waals surface area contributed by atoms with Crippen LogP contribution >= 0.6 is 0 Å². The highest BCUT2D eigenvalue weighted by molar-refractivity contribution is 5.93. The van der Waals surface area contributed by atoms with Gasteiger partial charge in [0.1, 0.15) is 5.82 Å². The summed E-state index contributed by atoms with van der Waals surface area (Å²) in [5.74, 6) is 0.719. The number of nitrogens with zero attached hydrogens (tertiary/aromatic N) is 4. The first kappa shape index (κ1) is 14.0. The van der Waals surface area contributed by atoms with E-state index in [1.54, 1.807) is 19.1 Å². The molecule has 1 aromatic heterocycles. The summed E-state index contributed by atoms with van der Waals surface area (Å²) in [7, 11) is 0. The molecule has 2 aliphatic carbocycles. The summed E-state index contributed by atoms with van der Waals surface area (Å²) in [5, 5.41) is 14.0. The molecule has 7 heteroatoms. The molecule has 1 aromatic carbocycles. The summed E-state index contributed by atoms with van der Waals surface area (Å²) in [6.07, 6.45) is 6.16. The number of allylic oxidation sites excluding steroid dienone is 2. The summed E-state index contributed by atoms with van der Waals surface area (Å²) < 4.78 is 15.6. The van der Waals surface area contributed by atoms with Gasteiger partial charge in [0, 0.05) is 5.92 Å². The topological polar surface area (TPSA) is 72.7 Å². The third kappa shape index (κ3) is 2.42. The van der Waals surface area contributed by atoms with E-state index in [1.165, 1.54) is 10.7 Å². The van der Waals surface area contributed by atoms with Crippen LogP contribution < -0.4 is 5.32 Å². The van der Waals surface area contributed by atoms with Crippen LogP contribution in [0, 0.1) is 30.5 Å². The van der Waals surface area contributed by atoms with E-state index in [0.29, 0.717) is 17.4 Å². The lowest BCUT2D eigenvalue weighted by atomic mass is 9.93. The standard InChI is InChI=1S/C16H16FN5O/c1-9-19-20-21-22(9)12-4-5-14(17)15(8-12)18-16(23)13-7-10-2-3-11(13)6-10/h2-5,8,10-11,13H,6-7H2,1H3,(H,18,23)/t10-,11-,13+/m0/s1. The Morgan fingerprint density at radius 1 is 1.35 bits per heavy atom. The summed E-state index contributed by atoms with van der Waals surface area (Å²) in [6.45, 7) is 1.75. The second-order valence-corrected chi connectivity index (χ2v) is 6.18. The molecule has 0 aliphatic heterocycles. The van der Waals surface area contributed by atoms with Crippen molar-refractivity contribution in [3.05, 3.63) is 42.0 Å². The minimum Gasteiger partial charge on any atom is -0.323 e. The largest absolute Gasteiger partial charge is 0.323 e. The Hall–Kier alpha value is -2.57. The third-order valence-corrected chi connectivity index (χ3v) is 4.69. The van der Waals surface area contributed by atoms with Crippen LogP contribution in [0.1, 0.15) is 18.7 Å². The molecule has 1 amide bonds. The molecule has 0 spiro atoms. The van der Waals surface area contributed by atoms with Gasteiger partial charge in [-0.15, -0.1) is 5.10 Å². The predicted molar refractivity (Wildman–Crippen MR) is 81.3 cm³/mol. The number of aryl methyl sites for hydroxylation is 1. The summed E-state index contributed by atoms with van der Waals surface area (Å²) in [6, 6.07) is 4.45. The Bertz CT molecular complexity index is 800. The third-order valence-electron chi connectivity index (χ3n) is 4.69. The molecular weight excluding hydrogens is 297 g/mol. The van der Waals surface area contributed by atoms with E-state index in [2.05, 4.69) is 33.0 Å². The van der Waals surface area contributed by atoms with Crippen LogP contribution in [0.5, 0.6) is 0 Å². The summed E-state index contributed by atoms with van der Waals surface area (Å²) in [4.78, 5) is 12.5. The number of fused-ring (bicyclic) bond motifs is 2. The highest BCUT2D eigenvalue weighted by Crippen LogP contribution is 2.43. The van der Waals surface area contributed by atoms with E-state index in [0.717, 1.165) is 12.8 Å². The molecule has 2 bridgehead atoms.